The Hall–Kier alpha value is -1.73. The molecule has 19 heavy (non-hydrogen) atoms. The van der Waals surface area contributed by atoms with Crippen molar-refractivity contribution in [1.29, 1.82) is 0 Å². The van der Waals surface area contributed by atoms with Gasteiger partial charge in [0.2, 0.25) is 0 Å². The summed E-state index contributed by atoms with van der Waals surface area (Å²) < 4.78 is 12.5. The van der Waals surface area contributed by atoms with Crippen molar-refractivity contribution in [2.75, 3.05) is 6.61 Å². The largest absolute Gasteiger partial charge is 0.376 e. The van der Waals surface area contributed by atoms with Gasteiger partial charge in [0.15, 0.2) is 5.82 Å². The van der Waals surface area contributed by atoms with Crippen LogP contribution >= 0.6 is 0 Å². The van der Waals surface area contributed by atoms with Gasteiger partial charge in [0, 0.05) is 13.2 Å². The number of aromatic nitrogens is 4. The second-order valence-electron chi connectivity index (χ2n) is 5.12. The molecule has 0 amide bonds. The Bertz CT molecular complexity index is 544. The normalized spacial score (nSPS) is 14.8. The first-order valence-corrected chi connectivity index (χ1v) is 6.11. The zero-order chi connectivity index (χ0) is 14.0. The monoisotopic (exact) mass is 265 g/mol. The maximum atomic E-state index is 6.15. The highest BCUT2D eigenvalue weighted by atomic mass is 16.5. The van der Waals surface area contributed by atoms with Crippen LogP contribution in [-0.4, -0.2) is 32.4 Å². The summed E-state index contributed by atoms with van der Waals surface area (Å²) in [5, 5.41) is 3.91. The first-order chi connectivity index (χ1) is 8.88. The Morgan fingerprint density at radius 1 is 1.53 bits per heavy atom. The Morgan fingerprint density at radius 3 is 2.84 bits per heavy atom. The molecule has 0 fully saturated rings. The van der Waals surface area contributed by atoms with E-state index < -0.39 is 5.54 Å². The Labute approximate surface area is 111 Å². The lowest BCUT2D eigenvalue weighted by Crippen LogP contribution is -2.40. The number of rotatable bonds is 5. The van der Waals surface area contributed by atoms with E-state index in [2.05, 4.69) is 15.1 Å². The first kappa shape index (κ1) is 13.7. The van der Waals surface area contributed by atoms with Gasteiger partial charge in [-0.1, -0.05) is 5.16 Å². The molecule has 0 aromatic carbocycles. The molecule has 0 saturated carbocycles. The van der Waals surface area contributed by atoms with Gasteiger partial charge >= 0.3 is 0 Å². The third kappa shape index (κ3) is 3.18. The number of nitrogens with zero attached hydrogens (tertiary/aromatic N) is 4. The first-order valence-electron chi connectivity index (χ1n) is 6.11. The molecular formula is C12H19N5O2. The molecule has 0 spiro atoms. The second kappa shape index (κ2) is 5.10. The molecule has 0 bridgehead atoms. The van der Waals surface area contributed by atoms with E-state index in [9.17, 15) is 0 Å². The minimum Gasteiger partial charge on any atom is -0.376 e. The topological polar surface area (TPSA) is 92.0 Å². The number of hydrogen-bond donors (Lipinski definition) is 1. The summed E-state index contributed by atoms with van der Waals surface area (Å²) in [6, 6.07) is 0. The molecule has 0 aliphatic rings. The fraction of sp³-hybridized carbons (Fsp3) is 0.583. The maximum Gasteiger partial charge on any atom is 0.278 e. The fourth-order valence-corrected chi connectivity index (χ4v) is 1.49. The summed E-state index contributed by atoms with van der Waals surface area (Å²) in [6.07, 6.45) is 3.57. The van der Waals surface area contributed by atoms with Gasteiger partial charge in [-0.15, -0.1) is 0 Å². The zero-order valence-electron chi connectivity index (χ0n) is 11.6. The molecule has 1 unspecified atom stereocenters. The maximum absolute atomic E-state index is 6.15. The van der Waals surface area contributed by atoms with Crippen molar-refractivity contribution in [2.24, 2.45) is 12.8 Å². The van der Waals surface area contributed by atoms with Crippen molar-refractivity contribution < 1.29 is 9.26 Å². The Balaban J connectivity index is 2.16. The SMILES string of the molecule is CC(C)OCC(C)(N)c1noc(-c2cn(C)cn2)n1. The molecule has 2 N–H and O–H groups in total. The summed E-state index contributed by atoms with van der Waals surface area (Å²) in [4.78, 5) is 8.44. The van der Waals surface area contributed by atoms with Crippen LogP contribution in [0, 0.1) is 0 Å². The molecule has 104 valence electrons. The van der Waals surface area contributed by atoms with Crippen molar-refractivity contribution in [3.8, 4) is 11.6 Å². The average molecular weight is 265 g/mol. The molecule has 0 aliphatic heterocycles. The van der Waals surface area contributed by atoms with Gasteiger partial charge in [-0.05, 0) is 20.8 Å². The van der Waals surface area contributed by atoms with Gasteiger partial charge in [-0.2, -0.15) is 4.98 Å². The quantitative estimate of drug-likeness (QED) is 0.869. The molecule has 0 radical (unpaired) electrons. The Kier molecular flexibility index (Phi) is 3.68. The van der Waals surface area contributed by atoms with Crippen LogP contribution in [0.2, 0.25) is 0 Å². The molecule has 2 aromatic heterocycles. The smallest absolute Gasteiger partial charge is 0.278 e. The highest BCUT2D eigenvalue weighted by Crippen LogP contribution is 2.20. The molecule has 2 aromatic rings. The van der Waals surface area contributed by atoms with E-state index in [0.717, 1.165) is 0 Å². The predicted octanol–water partition coefficient (Wildman–Crippen LogP) is 1.07. The average Bonchev–Trinajstić information content (AvgIpc) is 2.94. The number of nitrogens with two attached hydrogens (primary N) is 1. The van der Waals surface area contributed by atoms with Crippen LogP contribution in [0.4, 0.5) is 0 Å². The van der Waals surface area contributed by atoms with Gasteiger partial charge in [-0.3, -0.25) is 0 Å². The van der Waals surface area contributed by atoms with Crippen LogP contribution in [-0.2, 0) is 17.3 Å². The van der Waals surface area contributed by atoms with Crippen LogP contribution in [0.15, 0.2) is 17.0 Å². The van der Waals surface area contributed by atoms with Crippen molar-refractivity contribution in [2.45, 2.75) is 32.4 Å². The van der Waals surface area contributed by atoms with Gasteiger partial charge < -0.3 is 19.6 Å². The second-order valence-corrected chi connectivity index (χ2v) is 5.12. The Morgan fingerprint density at radius 2 is 2.26 bits per heavy atom. The summed E-state index contributed by atoms with van der Waals surface area (Å²) >= 11 is 0. The van der Waals surface area contributed by atoms with Crippen molar-refractivity contribution in [3.05, 3.63) is 18.3 Å². The summed E-state index contributed by atoms with van der Waals surface area (Å²) in [6.45, 7) is 6.03. The van der Waals surface area contributed by atoms with E-state index in [0.29, 0.717) is 24.0 Å². The minimum atomic E-state index is -0.791. The van der Waals surface area contributed by atoms with Crippen molar-refractivity contribution in [1.82, 2.24) is 19.7 Å². The van der Waals surface area contributed by atoms with E-state index in [1.165, 1.54) is 0 Å². The van der Waals surface area contributed by atoms with Gasteiger partial charge in [0.25, 0.3) is 5.89 Å². The van der Waals surface area contributed by atoms with Gasteiger partial charge in [0.1, 0.15) is 11.2 Å². The van der Waals surface area contributed by atoms with Crippen LogP contribution in [0.5, 0.6) is 0 Å². The van der Waals surface area contributed by atoms with Crippen molar-refractivity contribution in [3.63, 3.8) is 0 Å². The van der Waals surface area contributed by atoms with E-state index in [-0.39, 0.29) is 6.10 Å². The van der Waals surface area contributed by atoms with Crippen LogP contribution in [0.25, 0.3) is 11.6 Å². The third-order valence-corrected chi connectivity index (χ3v) is 2.58. The highest BCUT2D eigenvalue weighted by Gasteiger charge is 2.29. The molecule has 7 heteroatoms. The lowest BCUT2D eigenvalue weighted by atomic mass is 10.1. The summed E-state index contributed by atoms with van der Waals surface area (Å²) in [5.74, 6) is 0.769. The van der Waals surface area contributed by atoms with E-state index in [4.69, 9.17) is 15.0 Å². The minimum absolute atomic E-state index is 0.102. The molecule has 0 saturated heterocycles. The van der Waals surface area contributed by atoms with Gasteiger partial charge in [-0.25, -0.2) is 4.98 Å². The van der Waals surface area contributed by atoms with E-state index in [1.54, 1.807) is 12.5 Å². The van der Waals surface area contributed by atoms with E-state index >= 15 is 0 Å². The number of aryl methyl sites for hydroxylation is 1. The molecule has 2 heterocycles. The third-order valence-electron chi connectivity index (χ3n) is 2.58. The fourth-order valence-electron chi connectivity index (χ4n) is 1.49. The van der Waals surface area contributed by atoms with Crippen LogP contribution in [0.3, 0.4) is 0 Å². The van der Waals surface area contributed by atoms with Crippen LogP contribution < -0.4 is 5.73 Å². The number of imidazole rings is 1. The van der Waals surface area contributed by atoms with E-state index in [1.807, 2.05) is 32.4 Å². The number of hydrogen-bond acceptors (Lipinski definition) is 6. The number of ether oxygens (including phenoxy) is 1. The highest BCUT2D eigenvalue weighted by molar-refractivity contribution is 5.44. The lowest BCUT2D eigenvalue weighted by Gasteiger charge is -2.21. The van der Waals surface area contributed by atoms with Crippen LogP contribution in [0.1, 0.15) is 26.6 Å². The molecule has 7 nitrogen and oxygen atoms in total. The van der Waals surface area contributed by atoms with Crippen molar-refractivity contribution >= 4 is 0 Å². The zero-order valence-corrected chi connectivity index (χ0v) is 11.6. The lowest BCUT2D eigenvalue weighted by molar-refractivity contribution is 0.0410. The standard InChI is InChI=1S/C12H19N5O2/c1-8(2)18-6-12(3,13)11-15-10(19-16-11)9-5-17(4)7-14-9/h5,7-8H,6,13H2,1-4H3. The molecular weight excluding hydrogens is 246 g/mol. The molecule has 0 aliphatic carbocycles. The predicted molar refractivity (Wildman–Crippen MR) is 69.1 cm³/mol. The molecule has 2 rings (SSSR count). The van der Waals surface area contributed by atoms with Gasteiger partial charge in [0.05, 0.1) is 19.0 Å². The summed E-state index contributed by atoms with van der Waals surface area (Å²) in [7, 11) is 1.87. The summed E-state index contributed by atoms with van der Waals surface area (Å²) in [5.41, 5.74) is 5.98. The molecule has 1 atom stereocenters.